The van der Waals surface area contributed by atoms with Crippen LogP contribution >= 0.6 is 0 Å². The molecule has 0 amide bonds. The maximum Gasteiger partial charge on any atom is 0.0443 e. The fraction of sp³-hybridized carbons (Fsp3) is 0.667. The van der Waals surface area contributed by atoms with Crippen molar-refractivity contribution < 1.29 is 0 Å². The van der Waals surface area contributed by atoms with Crippen molar-refractivity contribution in [2.45, 2.75) is 53.9 Å². The Bertz CT molecular complexity index is 615. The molecule has 1 aliphatic carbocycles. The highest BCUT2D eigenvalue weighted by molar-refractivity contribution is 5.77. The molecular formula is C24H38N2. The number of nitrogens with zero attached hydrogens (tertiary/aromatic N) is 2. The van der Waals surface area contributed by atoms with Crippen molar-refractivity contribution in [2.24, 2.45) is 17.3 Å². The summed E-state index contributed by atoms with van der Waals surface area (Å²) in [6.07, 6.45) is 6.32. The van der Waals surface area contributed by atoms with E-state index in [-0.39, 0.29) is 0 Å². The third kappa shape index (κ3) is 4.71. The Hall–Kier alpha value is -1.28. The van der Waals surface area contributed by atoms with Gasteiger partial charge in [-0.2, -0.15) is 0 Å². The Morgan fingerprint density at radius 2 is 1.73 bits per heavy atom. The number of hydrogen-bond acceptors (Lipinski definition) is 2. The van der Waals surface area contributed by atoms with Crippen molar-refractivity contribution in [1.29, 1.82) is 0 Å². The summed E-state index contributed by atoms with van der Waals surface area (Å²) in [5, 5.41) is 0. The lowest BCUT2D eigenvalue weighted by atomic mass is 9.72. The Morgan fingerprint density at radius 1 is 1.04 bits per heavy atom. The first kappa shape index (κ1) is 19.5. The van der Waals surface area contributed by atoms with Gasteiger partial charge in [0.25, 0.3) is 0 Å². The average Bonchev–Trinajstić information content (AvgIpc) is 2.61. The van der Waals surface area contributed by atoms with Crippen molar-refractivity contribution in [3.63, 3.8) is 0 Å². The third-order valence-corrected chi connectivity index (χ3v) is 6.22. The molecule has 3 rings (SSSR count). The van der Waals surface area contributed by atoms with E-state index in [9.17, 15) is 0 Å². The molecule has 2 aliphatic rings. The smallest absolute Gasteiger partial charge is 0.0443 e. The van der Waals surface area contributed by atoms with E-state index in [1.165, 1.54) is 50.1 Å². The summed E-state index contributed by atoms with van der Waals surface area (Å²) in [5.74, 6) is 1.58. The van der Waals surface area contributed by atoms with Gasteiger partial charge in [0.2, 0.25) is 0 Å². The fourth-order valence-electron chi connectivity index (χ4n) is 4.57. The molecule has 0 radical (unpaired) electrons. The van der Waals surface area contributed by atoms with Gasteiger partial charge in [0.15, 0.2) is 0 Å². The first-order chi connectivity index (χ1) is 12.3. The normalized spacial score (nSPS) is 22.6. The lowest BCUT2D eigenvalue weighted by Crippen LogP contribution is -2.47. The zero-order valence-corrected chi connectivity index (χ0v) is 17.6. The lowest BCUT2D eigenvalue weighted by Gasteiger charge is -2.38. The number of benzene rings is 1. The van der Waals surface area contributed by atoms with Gasteiger partial charge in [0.1, 0.15) is 0 Å². The molecule has 0 spiro atoms. The predicted octanol–water partition coefficient (Wildman–Crippen LogP) is 5.69. The van der Waals surface area contributed by atoms with Gasteiger partial charge in [0.05, 0.1) is 0 Å². The van der Waals surface area contributed by atoms with Crippen LogP contribution in [0, 0.1) is 17.3 Å². The molecule has 1 saturated heterocycles. The van der Waals surface area contributed by atoms with Crippen LogP contribution in [0.1, 0.15) is 59.4 Å². The number of rotatable bonds is 4. The molecule has 144 valence electrons. The summed E-state index contributed by atoms with van der Waals surface area (Å²) in [5.41, 5.74) is 4.94. The highest BCUT2D eigenvalue weighted by Crippen LogP contribution is 2.41. The van der Waals surface area contributed by atoms with E-state index in [0.717, 1.165) is 24.9 Å². The number of piperazine rings is 1. The largest absolute Gasteiger partial charge is 0.368 e. The molecule has 0 N–H and O–H groups in total. The van der Waals surface area contributed by atoms with Gasteiger partial charge in [-0.15, -0.1) is 0 Å². The number of anilines is 1. The highest BCUT2D eigenvalue weighted by atomic mass is 15.3. The minimum absolute atomic E-state index is 0.425. The van der Waals surface area contributed by atoms with Gasteiger partial charge in [-0.1, -0.05) is 58.9 Å². The molecule has 0 saturated carbocycles. The van der Waals surface area contributed by atoms with Gasteiger partial charge in [-0.25, -0.2) is 0 Å². The minimum atomic E-state index is 0.425. The lowest BCUT2D eigenvalue weighted by molar-refractivity contribution is 0.225. The van der Waals surface area contributed by atoms with Crippen LogP contribution in [-0.4, -0.2) is 37.6 Å². The summed E-state index contributed by atoms with van der Waals surface area (Å²) >= 11 is 0. The number of allylic oxidation sites excluding steroid dienone is 2. The molecule has 0 bridgehead atoms. The van der Waals surface area contributed by atoms with Crippen molar-refractivity contribution in [3.05, 3.63) is 35.9 Å². The van der Waals surface area contributed by atoms with Crippen LogP contribution in [0.4, 0.5) is 5.69 Å². The molecule has 1 atom stereocenters. The zero-order chi connectivity index (χ0) is 18.7. The average molecular weight is 355 g/mol. The minimum Gasteiger partial charge on any atom is -0.368 e. The van der Waals surface area contributed by atoms with E-state index in [4.69, 9.17) is 0 Å². The van der Waals surface area contributed by atoms with E-state index in [2.05, 4.69) is 74.8 Å². The Balaban J connectivity index is 1.71. The second-order valence-corrected chi connectivity index (χ2v) is 9.77. The van der Waals surface area contributed by atoms with E-state index in [0.29, 0.717) is 5.41 Å². The topological polar surface area (TPSA) is 6.48 Å². The summed E-state index contributed by atoms with van der Waals surface area (Å²) in [7, 11) is 0. The fourth-order valence-corrected chi connectivity index (χ4v) is 4.57. The van der Waals surface area contributed by atoms with Crippen LogP contribution < -0.4 is 4.90 Å². The molecular weight excluding hydrogens is 316 g/mol. The monoisotopic (exact) mass is 354 g/mol. The predicted molar refractivity (Wildman–Crippen MR) is 115 cm³/mol. The Labute approximate surface area is 161 Å². The Kier molecular flexibility index (Phi) is 6.12. The summed E-state index contributed by atoms with van der Waals surface area (Å²) < 4.78 is 0. The van der Waals surface area contributed by atoms with Crippen LogP contribution in [0.25, 0.3) is 5.57 Å². The maximum absolute atomic E-state index is 2.62. The van der Waals surface area contributed by atoms with Crippen molar-refractivity contribution in [3.8, 4) is 0 Å². The van der Waals surface area contributed by atoms with Crippen molar-refractivity contribution in [2.75, 3.05) is 37.6 Å². The molecule has 0 aromatic heterocycles. The SMILES string of the molecule is CC(C)CN1CCN(c2ccccc2C2=CCC(C(C)(C)C)CC2)CC1. The molecule has 26 heavy (non-hydrogen) atoms. The van der Waals surface area contributed by atoms with Crippen LogP contribution in [0.3, 0.4) is 0 Å². The summed E-state index contributed by atoms with van der Waals surface area (Å²) in [6, 6.07) is 9.11. The maximum atomic E-state index is 2.62. The molecule has 1 fully saturated rings. The Morgan fingerprint density at radius 3 is 2.31 bits per heavy atom. The molecule has 2 heteroatoms. The molecule has 1 heterocycles. The number of para-hydroxylation sites is 1. The van der Waals surface area contributed by atoms with Crippen LogP contribution in [-0.2, 0) is 0 Å². The standard InChI is InChI=1S/C24H38N2/c1-19(2)18-25-14-16-26(17-15-25)23-9-7-6-8-22(23)20-10-12-21(13-11-20)24(3,4)5/h6-10,19,21H,11-18H2,1-5H3. The first-order valence-electron chi connectivity index (χ1n) is 10.6. The van der Waals surface area contributed by atoms with Gasteiger partial charge >= 0.3 is 0 Å². The van der Waals surface area contributed by atoms with Gasteiger partial charge in [-0.05, 0) is 48.2 Å². The third-order valence-electron chi connectivity index (χ3n) is 6.22. The van der Waals surface area contributed by atoms with Gasteiger partial charge in [-0.3, -0.25) is 4.90 Å². The molecule has 2 nitrogen and oxygen atoms in total. The van der Waals surface area contributed by atoms with Crippen LogP contribution in [0.15, 0.2) is 30.3 Å². The van der Waals surface area contributed by atoms with Gasteiger partial charge < -0.3 is 4.90 Å². The van der Waals surface area contributed by atoms with Crippen molar-refractivity contribution in [1.82, 2.24) is 4.90 Å². The van der Waals surface area contributed by atoms with E-state index >= 15 is 0 Å². The second kappa shape index (κ2) is 8.17. The number of hydrogen-bond donors (Lipinski definition) is 0. The molecule has 1 unspecified atom stereocenters. The first-order valence-corrected chi connectivity index (χ1v) is 10.6. The molecule has 1 aromatic rings. The zero-order valence-electron chi connectivity index (χ0n) is 17.6. The van der Waals surface area contributed by atoms with Crippen LogP contribution in [0.2, 0.25) is 0 Å². The highest BCUT2D eigenvalue weighted by Gasteiger charge is 2.27. The second-order valence-electron chi connectivity index (χ2n) is 9.77. The van der Waals surface area contributed by atoms with Crippen molar-refractivity contribution >= 4 is 11.3 Å². The quantitative estimate of drug-likeness (QED) is 0.685. The summed E-state index contributed by atoms with van der Waals surface area (Å²) in [6.45, 7) is 17.7. The van der Waals surface area contributed by atoms with Crippen LogP contribution in [0.5, 0.6) is 0 Å². The van der Waals surface area contributed by atoms with E-state index < -0.39 is 0 Å². The van der Waals surface area contributed by atoms with Gasteiger partial charge in [0, 0.05) is 44.0 Å². The molecule has 1 aromatic carbocycles. The molecule has 1 aliphatic heterocycles. The summed E-state index contributed by atoms with van der Waals surface area (Å²) in [4.78, 5) is 5.24. The van der Waals surface area contributed by atoms with E-state index in [1.807, 2.05) is 0 Å². The van der Waals surface area contributed by atoms with E-state index in [1.54, 1.807) is 5.57 Å².